The molecule has 7 heteroatoms. The Morgan fingerprint density at radius 2 is 1.83 bits per heavy atom. The largest absolute Gasteiger partial charge is 0.469 e. The van der Waals surface area contributed by atoms with Gasteiger partial charge >= 0.3 is 12.1 Å². The third-order valence-corrected chi connectivity index (χ3v) is 10.6. The van der Waals surface area contributed by atoms with Gasteiger partial charge in [-0.15, -0.1) is 0 Å². The summed E-state index contributed by atoms with van der Waals surface area (Å²) in [5.41, 5.74) is 0.0916. The molecule has 162 valence electrons. The lowest BCUT2D eigenvalue weighted by molar-refractivity contribution is -0.157. The number of ether oxygens (including phenoxy) is 2. The summed E-state index contributed by atoms with van der Waals surface area (Å²) in [5, 5.41) is 0.0325. The molecule has 0 aliphatic carbocycles. The van der Waals surface area contributed by atoms with Gasteiger partial charge in [0.15, 0.2) is 8.32 Å². The normalized spacial score (nSPS) is 22.9. The summed E-state index contributed by atoms with van der Waals surface area (Å²) in [6.07, 6.45) is -0.153. The molecule has 1 aliphatic heterocycles. The number of likely N-dealkylation sites (tertiary alicyclic amines) is 1. The summed E-state index contributed by atoms with van der Waals surface area (Å²) >= 11 is 0. The zero-order valence-electron chi connectivity index (χ0n) is 18.8. The number of esters is 1. The molecule has 0 unspecified atom stereocenters. The number of nitrogens with zero attached hydrogens (tertiary/aromatic N) is 1. The molecule has 0 radical (unpaired) electrons. The van der Waals surface area contributed by atoms with E-state index in [9.17, 15) is 9.59 Å². The Hall–Kier alpha value is -1.86. The highest BCUT2D eigenvalue weighted by Crippen LogP contribution is 2.40. The van der Waals surface area contributed by atoms with Crippen LogP contribution in [0.5, 0.6) is 0 Å². The van der Waals surface area contributed by atoms with Crippen molar-refractivity contribution in [3.63, 3.8) is 0 Å². The molecule has 1 amide bonds. The van der Waals surface area contributed by atoms with E-state index < -0.39 is 19.8 Å². The molecule has 1 aromatic rings. The van der Waals surface area contributed by atoms with Crippen molar-refractivity contribution in [2.45, 2.75) is 65.0 Å². The zero-order chi connectivity index (χ0) is 21.9. The van der Waals surface area contributed by atoms with Crippen LogP contribution in [0.2, 0.25) is 18.1 Å². The first kappa shape index (κ1) is 23.4. The van der Waals surface area contributed by atoms with E-state index in [1.165, 1.54) is 7.11 Å². The topological polar surface area (TPSA) is 65.1 Å². The minimum absolute atomic E-state index is 0.0325. The van der Waals surface area contributed by atoms with Crippen molar-refractivity contribution in [2.75, 3.05) is 20.2 Å². The maximum atomic E-state index is 12.8. The molecule has 0 aromatic heterocycles. The van der Waals surface area contributed by atoms with E-state index in [0.29, 0.717) is 13.0 Å². The first-order valence-electron chi connectivity index (χ1n) is 10.1. The lowest BCUT2D eigenvalue weighted by atomic mass is 9.81. The number of hydrogen-bond donors (Lipinski definition) is 0. The first-order chi connectivity index (χ1) is 13.4. The van der Waals surface area contributed by atoms with Crippen molar-refractivity contribution in [2.24, 2.45) is 5.41 Å². The Kier molecular flexibility index (Phi) is 7.17. The van der Waals surface area contributed by atoms with Crippen molar-refractivity contribution in [1.82, 2.24) is 4.90 Å². The predicted octanol–water partition coefficient (Wildman–Crippen LogP) is 4.60. The number of amides is 1. The molecule has 0 bridgehead atoms. The fraction of sp³-hybridized carbons (Fsp3) is 0.636. The quantitative estimate of drug-likeness (QED) is 0.513. The number of piperidine rings is 1. The number of hydrogen-bond acceptors (Lipinski definition) is 5. The van der Waals surface area contributed by atoms with Crippen LogP contribution in [0.4, 0.5) is 4.79 Å². The van der Waals surface area contributed by atoms with Gasteiger partial charge in [-0.1, -0.05) is 51.1 Å². The van der Waals surface area contributed by atoms with Crippen molar-refractivity contribution in [3.8, 4) is 0 Å². The molecule has 1 saturated heterocycles. The summed E-state index contributed by atoms with van der Waals surface area (Å²) in [7, 11) is -0.687. The summed E-state index contributed by atoms with van der Waals surface area (Å²) in [5.74, 6) is -0.332. The van der Waals surface area contributed by atoms with E-state index in [0.717, 1.165) is 5.56 Å². The summed E-state index contributed by atoms with van der Waals surface area (Å²) in [6, 6.07) is 9.54. The van der Waals surface area contributed by atoms with Crippen LogP contribution in [0, 0.1) is 5.41 Å². The van der Waals surface area contributed by atoms with Gasteiger partial charge < -0.3 is 18.8 Å². The van der Waals surface area contributed by atoms with Gasteiger partial charge in [0, 0.05) is 13.1 Å². The summed E-state index contributed by atoms with van der Waals surface area (Å²) < 4.78 is 17.1. The van der Waals surface area contributed by atoms with Crippen LogP contribution in [-0.4, -0.2) is 51.6 Å². The van der Waals surface area contributed by atoms with Gasteiger partial charge in [0.2, 0.25) is 0 Å². The Morgan fingerprint density at radius 1 is 1.21 bits per heavy atom. The monoisotopic (exact) mass is 421 g/mol. The van der Waals surface area contributed by atoms with Crippen molar-refractivity contribution in [3.05, 3.63) is 35.9 Å². The van der Waals surface area contributed by atoms with Crippen LogP contribution in [-0.2, 0) is 25.3 Å². The van der Waals surface area contributed by atoms with Crippen LogP contribution >= 0.6 is 0 Å². The third-order valence-electron chi connectivity index (χ3n) is 6.05. The zero-order valence-corrected chi connectivity index (χ0v) is 19.8. The first-order valence-corrected chi connectivity index (χ1v) is 13.0. The minimum atomic E-state index is -2.07. The van der Waals surface area contributed by atoms with Gasteiger partial charge in [0.25, 0.3) is 0 Å². The number of benzene rings is 1. The lowest BCUT2D eigenvalue weighted by Gasteiger charge is -2.46. The highest BCUT2D eigenvalue weighted by atomic mass is 28.4. The molecule has 6 nitrogen and oxygen atoms in total. The van der Waals surface area contributed by atoms with Gasteiger partial charge in [-0.05, 0) is 37.0 Å². The second-order valence-electron chi connectivity index (χ2n) is 9.68. The summed E-state index contributed by atoms with van der Waals surface area (Å²) in [6.45, 7) is 13.6. The van der Waals surface area contributed by atoms with E-state index in [4.69, 9.17) is 13.9 Å². The standard InChI is InChI=1S/C22H35NO5Si/c1-21(2,3)29(6,7)28-18-13-22(4,19(24)26-5)16-23(14-18)20(25)27-15-17-11-9-8-10-12-17/h8-12,18H,13-16H2,1-7H3/t18-,22-/m1/s1. The van der Waals surface area contributed by atoms with E-state index >= 15 is 0 Å². The van der Waals surface area contributed by atoms with E-state index in [1.54, 1.807) is 4.90 Å². The van der Waals surface area contributed by atoms with Crippen LogP contribution in [0.25, 0.3) is 0 Å². The SMILES string of the molecule is COC(=O)[C@]1(C)C[C@@H](O[Si](C)(C)C(C)(C)C)CN(C(=O)OCc2ccccc2)C1. The molecule has 29 heavy (non-hydrogen) atoms. The van der Waals surface area contributed by atoms with Gasteiger partial charge in [0.1, 0.15) is 6.61 Å². The van der Waals surface area contributed by atoms with Crippen LogP contribution in [0.1, 0.15) is 39.7 Å². The minimum Gasteiger partial charge on any atom is -0.469 e. The van der Waals surface area contributed by atoms with Crippen molar-refractivity contribution in [1.29, 1.82) is 0 Å². The molecule has 1 aromatic carbocycles. The molecule has 0 saturated carbocycles. The average molecular weight is 422 g/mol. The molecule has 2 atom stereocenters. The van der Waals surface area contributed by atoms with Crippen molar-refractivity contribution < 1.29 is 23.5 Å². The average Bonchev–Trinajstić information content (AvgIpc) is 2.64. The Balaban J connectivity index is 2.15. The molecular formula is C22H35NO5Si. The lowest BCUT2D eigenvalue weighted by Crippen LogP contribution is -2.57. The van der Waals surface area contributed by atoms with Gasteiger partial charge in [-0.2, -0.15) is 0 Å². The van der Waals surface area contributed by atoms with Crippen LogP contribution in [0.3, 0.4) is 0 Å². The molecule has 1 aliphatic rings. The van der Waals surface area contributed by atoms with Gasteiger partial charge in [-0.25, -0.2) is 4.79 Å². The fourth-order valence-corrected chi connectivity index (χ4v) is 4.72. The third kappa shape index (κ3) is 5.82. The Morgan fingerprint density at radius 3 is 2.38 bits per heavy atom. The molecule has 0 N–H and O–H groups in total. The molecule has 1 heterocycles. The predicted molar refractivity (Wildman–Crippen MR) is 115 cm³/mol. The van der Waals surface area contributed by atoms with Gasteiger partial charge in [0.05, 0.1) is 18.6 Å². The molecular weight excluding hydrogens is 386 g/mol. The van der Waals surface area contributed by atoms with Crippen LogP contribution < -0.4 is 0 Å². The van der Waals surface area contributed by atoms with Crippen LogP contribution in [0.15, 0.2) is 30.3 Å². The van der Waals surface area contributed by atoms with Crippen molar-refractivity contribution >= 4 is 20.4 Å². The number of rotatable bonds is 5. The highest BCUT2D eigenvalue weighted by Gasteiger charge is 2.48. The highest BCUT2D eigenvalue weighted by molar-refractivity contribution is 6.74. The maximum absolute atomic E-state index is 12.8. The number of methoxy groups -OCH3 is 1. The van der Waals surface area contributed by atoms with Gasteiger partial charge in [-0.3, -0.25) is 4.79 Å². The summed E-state index contributed by atoms with van der Waals surface area (Å²) in [4.78, 5) is 26.9. The fourth-order valence-electron chi connectivity index (χ4n) is 3.38. The molecule has 2 rings (SSSR count). The second-order valence-corrected chi connectivity index (χ2v) is 14.4. The van der Waals surface area contributed by atoms with E-state index in [1.807, 2.05) is 37.3 Å². The second kappa shape index (κ2) is 8.88. The maximum Gasteiger partial charge on any atom is 0.410 e. The molecule has 0 spiro atoms. The molecule has 1 fully saturated rings. The number of carbonyl (C=O) groups excluding carboxylic acids is 2. The Bertz CT molecular complexity index is 716. The van der Waals surface area contributed by atoms with E-state index in [2.05, 4.69) is 33.9 Å². The number of carbonyl (C=O) groups is 2. The Labute approximate surface area is 175 Å². The smallest absolute Gasteiger partial charge is 0.410 e. The van der Waals surface area contributed by atoms with E-state index in [-0.39, 0.29) is 30.3 Å².